The lowest BCUT2D eigenvalue weighted by atomic mass is 10.2. The summed E-state index contributed by atoms with van der Waals surface area (Å²) < 4.78 is 6.94. The highest BCUT2D eigenvalue weighted by Gasteiger charge is 2.11. The number of halogens is 2. The minimum atomic E-state index is 0.252. The van der Waals surface area contributed by atoms with Crippen LogP contribution < -0.4 is 15.8 Å². The summed E-state index contributed by atoms with van der Waals surface area (Å²) in [6.45, 7) is 0. The van der Waals surface area contributed by atoms with E-state index in [1.165, 1.54) is 6.20 Å². The van der Waals surface area contributed by atoms with Crippen molar-refractivity contribution >= 4 is 60.6 Å². The van der Waals surface area contributed by atoms with E-state index in [-0.39, 0.29) is 4.99 Å². The topological polar surface area (TPSA) is 73.1 Å². The maximum absolute atomic E-state index is 5.67. The molecule has 0 atom stereocenters. The average molecular weight is 418 g/mol. The van der Waals surface area contributed by atoms with Crippen molar-refractivity contribution in [1.29, 1.82) is 0 Å². The molecule has 0 bridgehead atoms. The molecule has 3 N–H and O–H groups in total. The summed E-state index contributed by atoms with van der Waals surface area (Å²) in [5.74, 6) is 1.18. The minimum Gasteiger partial charge on any atom is -0.495 e. The van der Waals surface area contributed by atoms with Gasteiger partial charge in [-0.15, -0.1) is 5.10 Å². The molecule has 0 fully saturated rings. The second-order valence-corrected chi connectivity index (χ2v) is 5.90. The number of hydrogen-bond acceptors (Lipinski definition) is 5. The second-order valence-electron chi connectivity index (χ2n) is 3.75. The molecule has 1 aromatic carbocycles. The van der Waals surface area contributed by atoms with E-state index < -0.39 is 0 Å². The number of anilines is 2. The lowest BCUT2D eigenvalue weighted by Crippen LogP contribution is -2.13. The standard InChI is InChI=1S/C12H10Br2N4OS/c1-19-10-5-9(7(13)4-8(10)14)17-12-6(11(15)20)2-3-16-18-12/h2-5H,1H3,(H2,15,20)(H,17,18). The molecule has 0 spiro atoms. The van der Waals surface area contributed by atoms with Crippen LogP contribution in [0.2, 0.25) is 0 Å². The fourth-order valence-corrected chi connectivity index (χ4v) is 2.95. The molecule has 2 rings (SSSR count). The third kappa shape index (κ3) is 3.25. The summed E-state index contributed by atoms with van der Waals surface area (Å²) in [4.78, 5) is 0.252. The quantitative estimate of drug-likeness (QED) is 0.742. The van der Waals surface area contributed by atoms with Gasteiger partial charge in [-0.25, -0.2) is 0 Å². The zero-order chi connectivity index (χ0) is 14.7. The molecule has 8 heteroatoms. The van der Waals surface area contributed by atoms with Crippen LogP contribution in [0.3, 0.4) is 0 Å². The largest absolute Gasteiger partial charge is 0.495 e. The summed E-state index contributed by atoms with van der Waals surface area (Å²) in [5, 5.41) is 11.0. The number of rotatable bonds is 4. The molecule has 104 valence electrons. The molecule has 0 saturated heterocycles. The van der Waals surface area contributed by atoms with Gasteiger partial charge in [-0.2, -0.15) is 5.10 Å². The highest BCUT2D eigenvalue weighted by Crippen LogP contribution is 2.36. The smallest absolute Gasteiger partial charge is 0.163 e. The van der Waals surface area contributed by atoms with Crippen LogP contribution in [-0.2, 0) is 0 Å². The van der Waals surface area contributed by atoms with Crippen LogP contribution in [-0.4, -0.2) is 22.3 Å². The van der Waals surface area contributed by atoms with Crippen LogP contribution in [0.1, 0.15) is 5.56 Å². The van der Waals surface area contributed by atoms with Crippen molar-refractivity contribution in [2.75, 3.05) is 12.4 Å². The first kappa shape index (κ1) is 15.1. The lowest BCUT2D eigenvalue weighted by Gasteiger charge is -2.13. The van der Waals surface area contributed by atoms with Crippen LogP contribution in [0.4, 0.5) is 11.5 Å². The SMILES string of the molecule is COc1cc(Nc2nnccc2C(N)=S)c(Br)cc1Br. The van der Waals surface area contributed by atoms with Crippen LogP contribution >= 0.6 is 44.1 Å². The Morgan fingerprint density at radius 1 is 1.35 bits per heavy atom. The predicted octanol–water partition coefficient (Wildman–Crippen LogP) is 3.39. The third-order valence-electron chi connectivity index (χ3n) is 2.48. The van der Waals surface area contributed by atoms with Crippen molar-refractivity contribution in [2.24, 2.45) is 5.73 Å². The Kier molecular flexibility index (Phi) is 4.90. The number of hydrogen-bond donors (Lipinski definition) is 2. The van der Waals surface area contributed by atoms with Gasteiger partial charge in [0.2, 0.25) is 0 Å². The normalized spacial score (nSPS) is 10.2. The maximum atomic E-state index is 5.67. The Bertz CT molecular complexity index is 666. The van der Waals surface area contributed by atoms with E-state index in [1.807, 2.05) is 12.1 Å². The van der Waals surface area contributed by atoms with E-state index in [0.717, 1.165) is 14.6 Å². The summed E-state index contributed by atoms with van der Waals surface area (Å²) in [7, 11) is 1.60. The minimum absolute atomic E-state index is 0.252. The first-order valence-electron chi connectivity index (χ1n) is 5.44. The van der Waals surface area contributed by atoms with Crippen molar-refractivity contribution in [3.63, 3.8) is 0 Å². The predicted molar refractivity (Wildman–Crippen MR) is 89.6 cm³/mol. The number of benzene rings is 1. The highest BCUT2D eigenvalue weighted by atomic mass is 79.9. The number of aromatic nitrogens is 2. The van der Waals surface area contributed by atoms with Gasteiger partial charge in [-0.05, 0) is 44.0 Å². The molecule has 5 nitrogen and oxygen atoms in total. The molecule has 0 aliphatic carbocycles. The molecular formula is C12H10Br2N4OS. The van der Waals surface area contributed by atoms with Gasteiger partial charge in [0.15, 0.2) is 5.82 Å². The van der Waals surface area contributed by atoms with E-state index in [0.29, 0.717) is 17.1 Å². The van der Waals surface area contributed by atoms with Gasteiger partial charge in [0.05, 0.1) is 29.0 Å². The van der Waals surface area contributed by atoms with E-state index in [9.17, 15) is 0 Å². The molecule has 20 heavy (non-hydrogen) atoms. The van der Waals surface area contributed by atoms with Crippen LogP contribution in [0, 0.1) is 0 Å². The number of nitrogens with one attached hydrogen (secondary N) is 1. The Hall–Kier alpha value is -1.25. The Morgan fingerprint density at radius 3 is 2.75 bits per heavy atom. The summed E-state index contributed by atoms with van der Waals surface area (Å²) in [6.07, 6.45) is 1.54. The van der Waals surface area contributed by atoms with Gasteiger partial charge in [-0.1, -0.05) is 12.2 Å². The van der Waals surface area contributed by atoms with Crippen LogP contribution in [0.25, 0.3) is 0 Å². The van der Waals surface area contributed by atoms with Crippen LogP contribution in [0.15, 0.2) is 33.3 Å². The number of ether oxygens (including phenoxy) is 1. The molecular weight excluding hydrogens is 408 g/mol. The van der Waals surface area contributed by atoms with E-state index in [1.54, 1.807) is 13.2 Å². The maximum Gasteiger partial charge on any atom is 0.163 e. The summed E-state index contributed by atoms with van der Waals surface area (Å²) >= 11 is 11.9. The van der Waals surface area contributed by atoms with Gasteiger partial charge in [0, 0.05) is 10.5 Å². The Balaban J connectivity index is 2.42. The van der Waals surface area contributed by atoms with Gasteiger partial charge in [0.25, 0.3) is 0 Å². The monoisotopic (exact) mass is 416 g/mol. The van der Waals surface area contributed by atoms with Crippen molar-refractivity contribution in [3.8, 4) is 5.75 Å². The Labute approximate surface area is 138 Å². The van der Waals surface area contributed by atoms with Crippen molar-refractivity contribution in [2.45, 2.75) is 0 Å². The first-order valence-corrected chi connectivity index (χ1v) is 7.44. The molecule has 1 aromatic heterocycles. The van der Waals surface area contributed by atoms with Gasteiger partial charge >= 0.3 is 0 Å². The molecule has 0 unspecified atom stereocenters. The second kappa shape index (κ2) is 6.47. The van der Waals surface area contributed by atoms with Gasteiger partial charge < -0.3 is 15.8 Å². The van der Waals surface area contributed by atoms with Crippen LogP contribution in [0.5, 0.6) is 5.75 Å². The van der Waals surface area contributed by atoms with Crippen molar-refractivity contribution in [3.05, 3.63) is 38.9 Å². The molecule has 0 radical (unpaired) electrons. The third-order valence-corrected chi connectivity index (χ3v) is 3.98. The van der Waals surface area contributed by atoms with E-state index in [2.05, 4.69) is 47.4 Å². The van der Waals surface area contributed by atoms with Gasteiger partial charge in [-0.3, -0.25) is 0 Å². The van der Waals surface area contributed by atoms with Crippen molar-refractivity contribution < 1.29 is 4.74 Å². The van der Waals surface area contributed by atoms with Gasteiger partial charge in [0.1, 0.15) is 10.7 Å². The molecule has 0 aliphatic heterocycles. The van der Waals surface area contributed by atoms with E-state index in [4.69, 9.17) is 22.7 Å². The number of methoxy groups -OCH3 is 1. The molecule has 2 aromatic rings. The lowest BCUT2D eigenvalue weighted by molar-refractivity contribution is 0.412. The number of nitrogens with zero attached hydrogens (tertiary/aromatic N) is 2. The van der Waals surface area contributed by atoms with E-state index >= 15 is 0 Å². The van der Waals surface area contributed by atoms with Crippen molar-refractivity contribution in [1.82, 2.24) is 10.2 Å². The molecule has 0 aliphatic rings. The number of thiocarbonyl (C=S) groups is 1. The number of nitrogens with two attached hydrogens (primary N) is 1. The Morgan fingerprint density at radius 2 is 2.10 bits per heavy atom. The molecule has 0 saturated carbocycles. The first-order chi connectivity index (χ1) is 9.52. The summed E-state index contributed by atoms with van der Waals surface area (Å²) in [6, 6.07) is 5.41. The zero-order valence-electron chi connectivity index (χ0n) is 10.4. The fourth-order valence-electron chi connectivity index (χ4n) is 1.53. The molecule has 1 heterocycles. The molecule has 0 amide bonds. The average Bonchev–Trinajstić information content (AvgIpc) is 2.42. The highest BCUT2D eigenvalue weighted by molar-refractivity contribution is 9.11. The zero-order valence-corrected chi connectivity index (χ0v) is 14.3. The summed E-state index contributed by atoms with van der Waals surface area (Å²) in [5.41, 5.74) is 7.06. The fraction of sp³-hybridized carbons (Fsp3) is 0.0833.